The molecular weight excluding hydrogens is 290 g/mol. The third-order valence-corrected chi connectivity index (χ3v) is 4.17. The van der Waals surface area contributed by atoms with Crippen molar-refractivity contribution in [1.82, 2.24) is 15.0 Å². The van der Waals surface area contributed by atoms with Gasteiger partial charge in [-0.25, -0.2) is 0 Å². The van der Waals surface area contributed by atoms with E-state index in [1.807, 2.05) is 31.7 Å². The van der Waals surface area contributed by atoms with Gasteiger partial charge in [0.1, 0.15) is 0 Å². The Morgan fingerprint density at radius 2 is 2.00 bits per heavy atom. The lowest BCUT2D eigenvalue weighted by atomic mass is 9.96. The minimum atomic E-state index is -0.137. The van der Waals surface area contributed by atoms with E-state index in [4.69, 9.17) is 4.52 Å². The maximum Gasteiger partial charge on any atom is 0.227 e. The minimum Gasteiger partial charge on any atom is -0.339 e. The molecule has 0 unspecified atom stereocenters. The average Bonchev–Trinajstić information content (AvgIpc) is 3.01. The van der Waals surface area contributed by atoms with Crippen molar-refractivity contribution < 1.29 is 9.32 Å². The van der Waals surface area contributed by atoms with Crippen molar-refractivity contribution in [3.63, 3.8) is 0 Å². The first-order valence-electron chi connectivity index (χ1n) is 8.11. The van der Waals surface area contributed by atoms with Crippen LogP contribution in [0.1, 0.15) is 50.0 Å². The van der Waals surface area contributed by atoms with Gasteiger partial charge in [-0.15, -0.1) is 0 Å². The van der Waals surface area contributed by atoms with E-state index in [0.29, 0.717) is 31.1 Å². The number of benzene rings is 1. The van der Waals surface area contributed by atoms with Crippen LogP contribution in [0.3, 0.4) is 0 Å². The van der Waals surface area contributed by atoms with Crippen LogP contribution < -0.4 is 0 Å². The Morgan fingerprint density at radius 3 is 2.70 bits per heavy atom. The number of carbonyl (C=O) groups excluding carboxylic acids is 1. The summed E-state index contributed by atoms with van der Waals surface area (Å²) in [6.07, 6.45) is 1.84. The van der Waals surface area contributed by atoms with E-state index >= 15 is 0 Å². The van der Waals surface area contributed by atoms with Crippen LogP contribution in [0.2, 0.25) is 0 Å². The first-order chi connectivity index (χ1) is 10.9. The van der Waals surface area contributed by atoms with Gasteiger partial charge in [0.2, 0.25) is 11.8 Å². The van der Waals surface area contributed by atoms with Crippen molar-refractivity contribution in [2.75, 3.05) is 6.54 Å². The van der Waals surface area contributed by atoms with Gasteiger partial charge >= 0.3 is 0 Å². The third-order valence-electron chi connectivity index (χ3n) is 4.17. The maximum absolute atomic E-state index is 12.4. The summed E-state index contributed by atoms with van der Waals surface area (Å²) in [7, 11) is 0. The van der Waals surface area contributed by atoms with Gasteiger partial charge < -0.3 is 9.42 Å². The van der Waals surface area contributed by atoms with E-state index in [-0.39, 0.29) is 11.3 Å². The molecule has 2 heterocycles. The lowest BCUT2D eigenvalue weighted by molar-refractivity contribution is -0.132. The molecular formula is C18H23N3O2. The first kappa shape index (κ1) is 15.7. The van der Waals surface area contributed by atoms with Crippen LogP contribution in [-0.4, -0.2) is 27.5 Å². The molecule has 5 heteroatoms. The van der Waals surface area contributed by atoms with Crippen molar-refractivity contribution in [2.45, 2.75) is 52.0 Å². The Bertz CT molecular complexity index is 700. The van der Waals surface area contributed by atoms with E-state index in [0.717, 1.165) is 13.0 Å². The molecule has 0 atom stereocenters. The van der Waals surface area contributed by atoms with Crippen LogP contribution in [0.25, 0.3) is 0 Å². The number of hydrogen-bond acceptors (Lipinski definition) is 4. The van der Waals surface area contributed by atoms with Crippen LogP contribution in [0.5, 0.6) is 0 Å². The van der Waals surface area contributed by atoms with Crippen molar-refractivity contribution in [3.05, 3.63) is 47.1 Å². The largest absolute Gasteiger partial charge is 0.339 e. The van der Waals surface area contributed by atoms with Crippen molar-refractivity contribution >= 4 is 5.91 Å². The fourth-order valence-corrected chi connectivity index (χ4v) is 2.74. The summed E-state index contributed by atoms with van der Waals surface area (Å²) in [5.41, 5.74) is 2.46. The smallest absolute Gasteiger partial charge is 0.227 e. The number of carbonyl (C=O) groups is 1. The molecule has 1 aromatic carbocycles. The van der Waals surface area contributed by atoms with Crippen LogP contribution in [0.4, 0.5) is 0 Å². The van der Waals surface area contributed by atoms with Gasteiger partial charge in [0.25, 0.3) is 0 Å². The summed E-state index contributed by atoms with van der Waals surface area (Å²) in [4.78, 5) is 18.7. The molecule has 1 aliphatic heterocycles. The van der Waals surface area contributed by atoms with Gasteiger partial charge in [-0.1, -0.05) is 50.2 Å². The summed E-state index contributed by atoms with van der Waals surface area (Å²) in [6, 6.07) is 8.32. The normalized spacial score (nSPS) is 14.7. The molecule has 1 aromatic heterocycles. The zero-order chi connectivity index (χ0) is 16.4. The molecule has 5 nitrogen and oxygen atoms in total. The number of fused-ring (bicyclic) bond motifs is 1. The van der Waals surface area contributed by atoms with Crippen molar-refractivity contribution in [3.8, 4) is 0 Å². The second kappa shape index (κ2) is 6.14. The lowest BCUT2D eigenvalue weighted by Crippen LogP contribution is -2.36. The summed E-state index contributed by atoms with van der Waals surface area (Å²) < 4.78 is 5.25. The molecule has 2 aromatic rings. The Hall–Kier alpha value is -2.17. The van der Waals surface area contributed by atoms with Crippen molar-refractivity contribution in [2.24, 2.45) is 0 Å². The zero-order valence-corrected chi connectivity index (χ0v) is 14.0. The van der Waals surface area contributed by atoms with E-state index in [9.17, 15) is 4.79 Å². The van der Waals surface area contributed by atoms with Crippen molar-refractivity contribution in [1.29, 1.82) is 0 Å². The fourth-order valence-electron chi connectivity index (χ4n) is 2.74. The number of aromatic nitrogens is 2. The predicted octanol–water partition coefficient (Wildman–Crippen LogP) is 2.88. The molecule has 0 radical (unpaired) electrons. The predicted molar refractivity (Wildman–Crippen MR) is 86.9 cm³/mol. The van der Waals surface area contributed by atoms with Gasteiger partial charge in [-0.05, 0) is 17.5 Å². The van der Waals surface area contributed by atoms with Crippen LogP contribution in [0.15, 0.2) is 28.8 Å². The highest BCUT2D eigenvalue weighted by Gasteiger charge is 2.23. The lowest BCUT2D eigenvalue weighted by Gasteiger charge is -2.28. The van der Waals surface area contributed by atoms with Gasteiger partial charge in [0.05, 0.1) is 0 Å². The molecule has 3 rings (SSSR count). The number of nitrogens with zero attached hydrogens (tertiary/aromatic N) is 3. The number of amides is 1. The molecule has 0 aliphatic carbocycles. The molecule has 23 heavy (non-hydrogen) atoms. The summed E-state index contributed by atoms with van der Waals surface area (Å²) >= 11 is 0. The molecule has 1 aliphatic rings. The number of rotatable bonds is 3. The minimum absolute atomic E-state index is 0.137. The second-order valence-corrected chi connectivity index (χ2v) is 7.10. The van der Waals surface area contributed by atoms with Crippen LogP contribution in [-0.2, 0) is 29.6 Å². The Morgan fingerprint density at radius 1 is 1.26 bits per heavy atom. The van der Waals surface area contributed by atoms with Crippen LogP contribution in [0, 0.1) is 0 Å². The number of aryl methyl sites for hydroxylation is 1. The summed E-state index contributed by atoms with van der Waals surface area (Å²) in [6.45, 7) is 7.60. The molecule has 0 saturated heterocycles. The highest BCUT2D eigenvalue weighted by Crippen LogP contribution is 2.21. The highest BCUT2D eigenvalue weighted by atomic mass is 16.5. The molecule has 0 saturated carbocycles. The topological polar surface area (TPSA) is 59.2 Å². The van der Waals surface area contributed by atoms with E-state index in [1.54, 1.807) is 0 Å². The Labute approximate surface area is 136 Å². The maximum atomic E-state index is 12.4. The fraction of sp³-hybridized carbons (Fsp3) is 0.500. The Balaban J connectivity index is 1.57. The molecule has 122 valence electrons. The zero-order valence-electron chi connectivity index (χ0n) is 14.0. The Kier molecular flexibility index (Phi) is 4.20. The quantitative estimate of drug-likeness (QED) is 0.874. The van der Waals surface area contributed by atoms with Crippen LogP contribution >= 0.6 is 0 Å². The highest BCUT2D eigenvalue weighted by molar-refractivity contribution is 5.76. The summed E-state index contributed by atoms with van der Waals surface area (Å²) in [5, 5.41) is 4.00. The average molecular weight is 313 g/mol. The molecule has 0 fully saturated rings. The van der Waals surface area contributed by atoms with E-state index < -0.39 is 0 Å². The molecule has 1 amide bonds. The molecule has 0 bridgehead atoms. The van der Waals surface area contributed by atoms with E-state index in [1.165, 1.54) is 11.1 Å². The third kappa shape index (κ3) is 3.60. The molecule has 0 N–H and O–H groups in total. The number of hydrogen-bond donors (Lipinski definition) is 0. The first-order valence-corrected chi connectivity index (χ1v) is 8.11. The second-order valence-electron chi connectivity index (χ2n) is 7.10. The molecule has 0 spiro atoms. The monoisotopic (exact) mass is 313 g/mol. The van der Waals surface area contributed by atoms with Gasteiger partial charge in [0, 0.05) is 31.3 Å². The SMILES string of the molecule is CC(C)(C)c1noc(CCC(=O)N2CCc3ccccc3C2)n1. The summed E-state index contributed by atoms with van der Waals surface area (Å²) in [5.74, 6) is 1.38. The van der Waals surface area contributed by atoms with Gasteiger partial charge in [-0.3, -0.25) is 4.79 Å². The van der Waals surface area contributed by atoms with Gasteiger partial charge in [0.15, 0.2) is 5.82 Å². The van der Waals surface area contributed by atoms with Gasteiger partial charge in [-0.2, -0.15) is 4.98 Å². The standard InChI is InChI=1S/C18H23N3O2/c1-18(2,3)17-19-15(23-20-17)8-9-16(22)21-11-10-13-6-4-5-7-14(13)12-21/h4-7H,8-12H2,1-3H3. The van der Waals surface area contributed by atoms with E-state index in [2.05, 4.69) is 28.3 Å².